The van der Waals surface area contributed by atoms with E-state index in [0.717, 1.165) is 17.6 Å². The van der Waals surface area contributed by atoms with Crippen molar-refractivity contribution in [3.05, 3.63) is 35.9 Å². The molecule has 3 nitrogen and oxygen atoms in total. The molecular weight excluding hydrogens is 212 g/mol. The molecule has 0 aliphatic carbocycles. The number of ether oxygens (including phenoxy) is 1. The molecule has 82 valence electrons. The molecule has 1 atom stereocenters. The van der Waals surface area contributed by atoms with Crippen LogP contribution in [-0.2, 0) is 13.7 Å². The highest BCUT2D eigenvalue weighted by Crippen LogP contribution is 2.30. The first-order chi connectivity index (χ1) is 7.27. The second-order valence-electron chi connectivity index (χ2n) is 2.88. The van der Waals surface area contributed by atoms with Gasteiger partial charge in [0.1, 0.15) is 0 Å². The summed E-state index contributed by atoms with van der Waals surface area (Å²) in [6.45, 7) is 1.76. The summed E-state index contributed by atoms with van der Waals surface area (Å²) in [5.41, 5.74) is 0.718. The Balaban J connectivity index is 2.53. The maximum Gasteiger partial charge on any atom is 0.317 e. The lowest BCUT2D eigenvalue weighted by Crippen LogP contribution is -2.01. The molecule has 0 amide bonds. The maximum absolute atomic E-state index is 11.0. The fourth-order valence-electron chi connectivity index (χ4n) is 0.997. The van der Waals surface area contributed by atoms with E-state index >= 15 is 0 Å². The predicted molar refractivity (Wildman–Crippen MR) is 60.2 cm³/mol. The summed E-state index contributed by atoms with van der Waals surface area (Å²) in [6, 6.07) is 9.63. The molecule has 0 spiro atoms. The molecule has 0 saturated heterocycles. The fraction of sp³-hybridized carbons (Fsp3) is 0.364. The quantitative estimate of drug-likeness (QED) is 0.571. The van der Waals surface area contributed by atoms with Gasteiger partial charge in [-0.3, -0.25) is 4.79 Å². The zero-order valence-corrected chi connectivity index (χ0v) is 9.62. The highest BCUT2D eigenvalue weighted by atomic mass is 32.2. The van der Waals surface area contributed by atoms with Gasteiger partial charge in [-0.25, -0.2) is 0 Å². The predicted octanol–water partition coefficient (Wildman–Crippen LogP) is 2.93. The molecule has 15 heavy (non-hydrogen) atoms. The van der Waals surface area contributed by atoms with Gasteiger partial charge >= 0.3 is 5.97 Å². The number of methoxy groups -OCH3 is 1. The third kappa shape index (κ3) is 3.93. The molecule has 0 heterocycles. The van der Waals surface area contributed by atoms with Crippen LogP contribution in [0.25, 0.3) is 0 Å². The van der Waals surface area contributed by atoms with Crippen molar-refractivity contribution in [2.24, 2.45) is 0 Å². The summed E-state index contributed by atoms with van der Waals surface area (Å²) in [6.07, 6.45) is 0.373. The Labute approximate surface area is 94.0 Å². The van der Waals surface area contributed by atoms with Crippen molar-refractivity contribution in [2.75, 3.05) is 7.11 Å². The van der Waals surface area contributed by atoms with Crippen molar-refractivity contribution in [3.63, 3.8) is 0 Å². The molecule has 1 unspecified atom stereocenters. The van der Waals surface area contributed by atoms with Crippen molar-refractivity contribution in [2.45, 2.75) is 18.8 Å². The van der Waals surface area contributed by atoms with E-state index in [-0.39, 0.29) is 11.4 Å². The van der Waals surface area contributed by atoms with Crippen LogP contribution >= 0.6 is 12.0 Å². The van der Waals surface area contributed by atoms with Gasteiger partial charge in [0.15, 0.2) is 5.44 Å². The summed E-state index contributed by atoms with van der Waals surface area (Å²) in [5, 5.41) is 0. The Bertz CT molecular complexity index is 300. The van der Waals surface area contributed by atoms with Crippen LogP contribution in [0.5, 0.6) is 0 Å². The van der Waals surface area contributed by atoms with Gasteiger partial charge in [0.2, 0.25) is 0 Å². The van der Waals surface area contributed by atoms with E-state index in [4.69, 9.17) is 8.92 Å². The van der Waals surface area contributed by atoms with Gasteiger partial charge in [-0.2, -0.15) is 0 Å². The van der Waals surface area contributed by atoms with Crippen LogP contribution in [0.4, 0.5) is 0 Å². The molecule has 0 aliphatic rings. The Morgan fingerprint density at radius 3 is 2.60 bits per heavy atom. The molecule has 1 aromatic carbocycles. The van der Waals surface area contributed by atoms with Crippen LogP contribution in [0.2, 0.25) is 0 Å². The molecule has 0 bridgehead atoms. The maximum atomic E-state index is 11.0. The lowest BCUT2D eigenvalue weighted by atomic mass is 10.2. The van der Waals surface area contributed by atoms with Gasteiger partial charge in [0.05, 0.1) is 12.0 Å². The normalized spacial score (nSPS) is 12.1. The Kier molecular flexibility index (Phi) is 5.21. The van der Waals surface area contributed by atoms with E-state index in [1.54, 1.807) is 14.0 Å². The molecule has 4 heteroatoms. The van der Waals surface area contributed by atoms with Crippen LogP contribution in [0.1, 0.15) is 24.3 Å². The standard InChI is InChI=1S/C11H14O3S/c1-3-10(12)14-15-11(13-2)9-7-5-4-6-8-9/h4-8,11H,3H2,1-2H3. The molecular formula is C11H14O3S. The summed E-state index contributed by atoms with van der Waals surface area (Å²) in [4.78, 5) is 11.0. The van der Waals surface area contributed by atoms with E-state index in [1.807, 2.05) is 30.3 Å². The van der Waals surface area contributed by atoms with Crippen molar-refractivity contribution in [3.8, 4) is 0 Å². The highest BCUT2D eigenvalue weighted by molar-refractivity contribution is 7.95. The molecule has 1 aromatic rings. The third-order valence-corrected chi connectivity index (χ3v) is 2.72. The zero-order chi connectivity index (χ0) is 11.1. The second-order valence-corrected chi connectivity index (χ2v) is 3.67. The first-order valence-corrected chi connectivity index (χ1v) is 5.52. The molecule has 0 N–H and O–H groups in total. The van der Waals surface area contributed by atoms with Crippen molar-refractivity contribution >= 4 is 18.0 Å². The summed E-state index contributed by atoms with van der Waals surface area (Å²) in [5.74, 6) is -0.238. The number of carbonyl (C=O) groups excluding carboxylic acids is 1. The van der Waals surface area contributed by atoms with Gasteiger partial charge in [-0.05, 0) is 5.56 Å². The highest BCUT2D eigenvalue weighted by Gasteiger charge is 2.13. The van der Waals surface area contributed by atoms with Crippen LogP contribution < -0.4 is 0 Å². The molecule has 0 aliphatic heterocycles. The smallest absolute Gasteiger partial charge is 0.317 e. The lowest BCUT2D eigenvalue weighted by molar-refractivity contribution is -0.132. The number of hydrogen-bond acceptors (Lipinski definition) is 4. The largest absolute Gasteiger partial charge is 0.388 e. The van der Waals surface area contributed by atoms with Crippen LogP contribution in [0.3, 0.4) is 0 Å². The molecule has 0 aromatic heterocycles. The SMILES string of the molecule is CCC(=O)OSC(OC)c1ccccc1. The monoisotopic (exact) mass is 226 g/mol. The Hall–Kier alpha value is -1.00. The van der Waals surface area contributed by atoms with E-state index < -0.39 is 0 Å². The van der Waals surface area contributed by atoms with Crippen molar-refractivity contribution in [1.29, 1.82) is 0 Å². The second kappa shape index (κ2) is 6.48. The van der Waals surface area contributed by atoms with Gasteiger partial charge in [0.25, 0.3) is 0 Å². The zero-order valence-electron chi connectivity index (χ0n) is 8.80. The van der Waals surface area contributed by atoms with Crippen LogP contribution in [0, 0.1) is 0 Å². The van der Waals surface area contributed by atoms with Crippen LogP contribution in [-0.4, -0.2) is 13.1 Å². The fourth-order valence-corrected chi connectivity index (χ4v) is 1.66. The topological polar surface area (TPSA) is 35.5 Å². The molecule has 1 rings (SSSR count). The summed E-state index contributed by atoms with van der Waals surface area (Å²) in [7, 11) is 1.59. The van der Waals surface area contributed by atoms with Gasteiger partial charge in [-0.1, -0.05) is 37.3 Å². The minimum atomic E-state index is -0.262. The minimum absolute atomic E-state index is 0.238. The van der Waals surface area contributed by atoms with Gasteiger partial charge < -0.3 is 8.92 Å². The third-order valence-electron chi connectivity index (χ3n) is 1.80. The summed E-state index contributed by atoms with van der Waals surface area (Å²) < 4.78 is 10.2. The van der Waals surface area contributed by atoms with Crippen LogP contribution in [0.15, 0.2) is 30.3 Å². The molecule has 0 saturated carbocycles. The molecule has 0 fully saturated rings. The minimum Gasteiger partial charge on any atom is -0.388 e. The first kappa shape index (κ1) is 12.1. The molecule has 0 radical (unpaired) electrons. The number of rotatable bonds is 5. The lowest BCUT2D eigenvalue weighted by Gasteiger charge is -2.13. The average Bonchev–Trinajstić information content (AvgIpc) is 2.31. The summed E-state index contributed by atoms with van der Waals surface area (Å²) >= 11 is 1.04. The van der Waals surface area contributed by atoms with Gasteiger partial charge in [0, 0.05) is 13.5 Å². The number of hydrogen-bond donors (Lipinski definition) is 0. The van der Waals surface area contributed by atoms with E-state index in [2.05, 4.69) is 0 Å². The van der Waals surface area contributed by atoms with E-state index in [1.165, 1.54) is 0 Å². The Morgan fingerprint density at radius 1 is 1.40 bits per heavy atom. The van der Waals surface area contributed by atoms with Crippen molar-refractivity contribution < 1.29 is 13.7 Å². The Morgan fingerprint density at radius 2 is 2.07 bits per heavy atom. The van der Waals surface area contributed by atoms with E-state index in [9.17, 15) is 4.79 Å². The van der Waals surface area contributed by atoms with Gasteiger partial charge in [-0.15, -0.1) is 0 Å². The first-order valence-electron chi connectivity index (χ1n) is 4.71. The average molecular weight is 226 g/mol. The van der Waals surface area contributed by atoms with E-state index in [0.29, 0.717) is 6.42 Å². The number of benzene rings is 1. The number of carbonyl (C=O) groups is 1. The van der Waals surface area contributed by atoms with Crippen molar-refractivity contribution in [1.82, 2.24) is 0 Å².